The Kier molecular flexibility index (Phi) is 4.71. The highest BCUT2D eigenvalue weighted by Gasteiger charge is 2.33. The number of benzene rings is 1. The molecule has 3 unspecified atom stereocenters. The lowest BCUT2D eigenvalue weighted by Gasteiger charge is -2.39. The number of carbonyl (C=O) groups excluding carboxylic acids is 1. The highest BCUT2D eigenvalue weighted by atomic mass is 19.1. The minimum atomic E-state index is -0.423. The van der Waals surface area contributed by atoms with Crippen LogP contribution in [0.15, 0.2) is 24.3 Å². The molecule has 0 bridgehead atoms. The van der Waals surface area contributed by atoms with E-state index in [1.54, 1.807) is 17.0 Å². The molecule has 1 amide bonds. The number of carbonyl (C=O) groups is 1. The monoisotopic (exact) mass is 308 g/mol. The van der Waals surface area contributed by atoms with Crippen LogP contribution in [0.5, 0.6) is 0 Å². The van der Waals surface area contributed by atoms with Crippen molar-refractivity contribution in [2.75, 3.05) is 32.8 Å². The van der Waals surface area contributed by atoms with Crippen molar-refractivity contribution in [3.05, 3.63) is 35.6 Å². The lowest BCUT2D eigenvalue weighted by atomic mass is 10.1. The molecular weight excluding hydrogens is 287 g/mol. The maximum absolute atomic E-state index is 13.0. The molecule has 3 atom stereocenters. The molecule has 1 aromatic rings. The van der Waals surface area contributed by atoms with Gasteiger partial charge >= 0.3 is 0 Å². The van der Waals surface area contributed by atoms with Crippen molar-refractivity contribution in [3.8, 4) is 0 Å². The number of morpholine rings is 2. The van der Waals surface area contributed by atoms with Gasteiger partial charge in [0.1, 0.15) is 18.0 Å². The van der Waals surface area contributed by atoms with Gasteiger partial charge < -0.3 is 19.7 Å². The fraction of sp³-hybridized carbons (Fsp3) is 0.562. The first kappa shape index (κ1) is 15.4. The van der Waals surface area contributed by atoms with Gasteiger partial charge in [0, 0.05) is 19.6 Å². The Morgan fingerprint density at radius 3 is 2.77 bits per heavy atom. The third kappa shape index (κ3) is 3.45. The molecule has 0 spiro atoms. The second kappa shape index (κ2) is 6.73. The van der Waals surface area contributed by atoms with E-state index < -0.39 is 6.10 Å². The van der Waals surface area contributed by atoms with Crippen LogP contribution in [0.4, 0.5) is 4.39 Å². The standard InChI is InChI=1S/C16H21FN2O3/c1-11-9-19(16(20)14-8-18-6-7-21-14)10-15(22-11)12-2-4-13(17)5-3-12/h2-5,11,14-15,18H,6-10H2,1H3. The van der Waals surface area contributed by atoms with E-state index in [1.165, 1.54) is 12.1 Å². The molecule has 120 valence electrons. The molecule has 3 rings (SSSR count). The van der Waals surface area contributed by atoms with Gasteiger partial charge in [0.05, 0.1) is 19.3 Å². The molecule has 2 heterocycles. The molecule has 2 aliphatic heterocycles. The largest absolute Gasteiger partial charge is 0.367 e. The van der Waals surface area contributed by atoms with E-state index >= 15 is 0 Å². The summed E-state index contributed by atoms with van der Waals surface area (Å²) in [6, 6.07) is 6.25. The van der Waals surface area contributed by atoms with Crippen LogP contribution in [0.3, 0.4) is 0 Å². The van der Waals surface area contributed by atoms with E-state index in [2.05, 4.69) is 5.32 Å². The van der Waals surface area contributed by atoms with Crippen molar-refractivity contribution in [3.63, 3.8) is 0 Å². The molecule has 1 aromatic carbocycles. The van der Waals surface area contributed by atoms with Crippen molar-refractivity contribution in [1.82, 2.24) is 10.2 Å². The number of hydrogen-bond donors (Lipinski definition) is 1. The fourth-order valence-corrected chi connectivity index (χ4v) is 2.92. The summed E-state index contributed by atoms with van der Waals surface area (Å²) < 4.78 is 24.5. The Morgan fingerprint density at radius 1 is 1.32 bits per heavy atom. The van der Waals surface area contributed by atoms with E-state index in [-0.39, 0.29) is 23.9 Å². The van der Waals surface area contributed by atoms with Crippen LogP contribution in [-0.2, 0) is 14.3 Å². The minimum Gasteiger partial charge on any atom is -0.367 e. The van der Waals surface area contributed by atoms with E-state index in [1.807, 2.05) is 6.92 Å². The molecule has 22 heavy (non-hydrogen) atoms. The maximum Gasteiger partial charge on any atom is 0.253 e. The van der Waals surface area contributed by atoms with Crippen molar-refractivity contribution in [2.24, 2.45) is 0 Å². The number of ether oxygens (including phenoxy) is 2. The lowest BCUT2D eigenvalue weighted by molar-refractivity contribution is -0.157. The predicted molar refractivity (Wildman–Crippen MR) is 78.9 cm³/mol. The number of nitrogens with zero attached hydrogens (tertiary/aromatic N) is 1. The van der Waals surface area contributed by atoms with Gasteiger partial charge in [-0.3, -0.25) is 4.79 Å². The third-order valence-corrected chi connectivity index (χ3v) is 4.02. The molecule has 0 aromatic heterocycles. The lowest BCUT2D eigenvalue weighted by Crippen LogP contribution is -2.54. The zero-order valence-corrected chi connectivity index (χ0v) is 12.6. The number of hydrogen-bond acceptors (Lipinski definition) is 4. The van der Waals surface area contributed by atoms with Crippen LogP contribution < -0.4 is 5.32 Å². The maximum atomic E-state index is 13.0. The molecule has 2 saturated heterocycles. The first-order chi connectivity index (χ1) is 10.6. The van der Waals surface area contributed by atoms with Gasteiger partial charge in [-0.15, -0.1) is 0 Å². The summed E-state index contributed by atoms with van der Waals surface area (Å²) >= 11 is 0. The second-order valence-electron chi connectivity index (χ2n) is 5.79. The van der Waals surface area contributed by atoms with Gasteiger partial charge in [-0.05, 0) is 24.6 Å². The number of nitrogens with one attached hydrogen (secondary N) is 1. The quantitative estimate of drug-likeness (QED) is 0.889. The van der Waals surface area contributed by atoms with Crippen molar-refractivity contribution in [2.45, 2.75) is 25.2 Å². The Bertz CT molecular complexity index is 517. The topological polar surface area (TPSA) is 50.8 Å². The Hall–Kier alpha value is -1.50. The van der Waals surface area contributed by atoms with E-state index in [4.69, 9.17) is 9.47 Å². The summed E-state index contributed by atoms with van der Waals surface area (Å²) in [6.45, 7) is 4.84. The normalized spacial score (nSPS) is 29.4. The first-order valence-electron chi connectivity index (χ1n) is 7.65. The Labute approximate surface area is 129 Å². The summed E-state index contributed by atoms with van der Waals surface area (Å²) in [7, 11) is 0. The molecule has 1 N–H and O–H groups in total. The zero-order chi connectivity index (χ0) is 15.5. The summed E-state index contributed by atoms with van der Waals surface area (Å²) in [5.41, 5.74) is 0.883. The molecule has 0 saturated carbocycles. The van der Waals surface area contributed by atoms with E-state index in [9.17, 15) is 9.18 Å². The summed E-state index contributed by atoms with van der Waals surface area (Å²) in [4.78, 5) is 14.4. The zero-order valence-electron chi connectivity index (χ0n) is 12.6. The number of halogens is 1. The number of amides is 1. The molecule has 2 aliphatic rings. The van der Waals surface area contributed by atoms with Gasteiger partial charge in [-0.25, -0.2) is 4.39 Å². The van der Waals surface area contributed by atoms with Crippen LogP contribution in [-0.4, -0.2) is 55.8 Å². The second-order valence-corrected chi connectivity index (χ2v) is 5.79. The number of rotatable bonds is 2. The summed E-state index contributed by atoms with van der Waals surface area (Å²) in [5.74, 6) is -0.281. The molecular formula is C16H21FN2O3. The molecule has 0 aliphatic carbocycles. The smallest absolute Gasteiger partial charge is 0.253 e. The average Bonchev–Trinajstić information content (AvgIpc) is 2.55. The molecule has 6 heteroatoms. The molecule has 0 radical (unpaired) electrons. The summed E-state index contributed by atoms with van der Waals surface area (Å²) in [6.07, 6.45) is -0.720. The van der Waals surface area contributed by atoms with E-state index in [0.29, 0.717) is 26.2 Å². The predicted octanol–water partition coefficient (Wildman–Crippen LogP) is 1.10. The van der Waals surface area contributed by atoms with Gasteiger partial charge in [0.2, 0.25) is 0 Å². The van der Waals surface area contributed by atoms with Crippen LogP contribution in [0, 0.1) is 5.82 Å². The molecule has 5 nitrogen and oxygen atoms in total. The van der Waals surface area contributed by atoms with Crippen LogP contribution >= 0.6 is 0 Å². The van der Waals surface area contributed by atoms with Gasteiger partial charge in [-0.1, -0.05) is 12.1 Å². The fourth-order valence-electron chi connectivity index (χ4n) is 2.92. The first-order valence-corrected chi connectivity index (χ1v) is 7.65. The van der Waals surface area contributed by atoms with Crippen LogP contribution in [0.1, 0.15) is 18.6 Å². The summed E-state index contributed by atoms with van der Waals surface area (Å²) in [5, 5.41) is 3.17. The third-order valence-electron chi connectivity index (χ3n) is 4.02. The van der Waals surface area contributed by atoms with E-state index in [0.717, 1.165) is 12.1 Å². The SMILES string of the molecule is CC1CN(C(=O)C2CNCCO2)CC(c2ccc(F)cc2)O1. The Balaban J connectivity index is 1.70. The van der Waals surface area contributed by atoms with Crippen molar-refractivity contribution >= 4 is 5.91 Å². The Morgan fingerprint density at radius 2 is 2.09 bits per heavy atom. The minimum absolute atomic E-state index is 0.00513. The van der Waals surface area contributed by atoms with Crippen molar-refractivity contribution in [1.29, 1.82) is 0 Å². The van der Waals surface area contributed by atoms with Gasteiger partial charge in [0.15, 0.2) is 0 Å². The van der Waals surface area contributed by atoms with Gasteiger partial charge in [-0.2, -0.15) is 0 Å². The van der Waals surface area contributed by atoms with Gasteiger partial charge in [0.25, 0.3) is 5.91 Å². The van der Waals surface area contributed by atoms with Crippen LogP contribution in [0.25, 0.3) is 0 Å². The highest BCUT2D eigenvalue weighted by molar-refractivity contribution is 5.81. The average molecular weight is 308 g/mol. The highest BCUT2D eigenvalue weighted by Crippen LogP contribution is 2.26. The molecule has 2 fully saturated rings. The van der Waals surface area contributed by atoms with Crippen LogP contribution in [0.2, 0.25) is 0 Å². The van der Waals surface area contributed by atoms with Crippen molar-refractivity contribution < 1.29 is 18.7 Å².